The summed E-state index contributed by atoms with van der Waals surface area (Å²) in [5.41, 5.74) is 2.80. The first-order chi connectivity index (χ1) is 10.8. The highest BCUT2D eigenvalue weighted by atomic mass is 16.3. The Balaban J connectivity index is 1.96. The zero-order chi connectivity index (χ0) is 15.2. The van der Waals surface area contributed by atoms with Crippen LogP contribution in [0.5, 0.6) is 5.75 Å². The topological polar surface area (TPSA) is 35.8 Å². The molecule has 0 amide bonds. The molecule has 3 aromatic carbocycles. The summed E-state index contributed by atoms with van der Waals surface area (Å²) < 4.78 is 0. The Labute approximate surface area is 129 Å². The van der Waals surface area contributed by atoms with E-state index < -0.39 is 0 Å². The SMILES string of the molecule is Oc1cccc(/C=N\N(c2ccccc2)c2ccccc2)c1. The van der Waals surface area contributed by atoms with Crippen molar-refractivity contribution in [3.05, 3.63) is 90.5 Å². The molecule has 0 fully saturated rings. The molecule has 0 saturated heterocycles. The van der Waals surface area contributed by atoms with E-state index in [0.29, 0.717) is 0 Å². The summed E-state index contributed by atoms with van der Waals surface area (Å²) in [7, 11) is 0. The summed E-state index contributed by atoms with van der Waals surface area (Å²) in [6.07, 6.45) is 1.74. The molecule has 0 bridgehead atoms. The lowest BCUT2D eigenvalue weighted by molar-refractivity contribution is 0.475. The van der Waals surface area contributed by atoms with Crippen LogP contribution in [0.1, 0.15) is 5.56 Å². The van der Waals surface area contributed by atoms with Crippen LogP contribution in [0.2, 0.25) is 0 Å². The van der Waals surface area contributed by atoms with Gasteiger partial charge in [0, 0.05) is 0 Å². The second kappa shape index (κ2) is 6.59. The smallest absolute Gasteiger partial charge is 0.116 e. The largest absolute Gasteiger partial charge is 0.508 e. The Morgan fingerprint density at radius 1 is 0.727 bits per heavy atom. The standard InChI is InChI=1S/C19H16N2O/c22-19-13-7-8-16(14-19)15-20-21(17-9-3-1-4-10-17)18-11-5-2-6-12-18/h1-15,22H/b20-15-. The predicted molar refractivity (Wildman–Crippen MR) is 90.7 cm³/mol. The van der Waals surface area contributed by atoms with E-state index in [4.69, 9.17) is 0 Å². The average Bonchev–Trinajstić information content (AvgIpc) is 2.57. The maximum Gasteiger partial charge on any atom is 0.116 e. The highest BCUT2D eigenvalue weighted by molar-refractivity contribution is 5.82. The highest BCUT2D eigenvalue weighted by Crippen LogP contribution is 2.25. The molecule has 0 aliphatic rings. The summed E-state index contributed by atoms with van der Waals surface area (Å²) in [6, 6.07) is 26.9. The van der Waals surface area contributed by atoms with Crippen molar-refractivity contribution in [1.29, 1.82) is 0 Å². The van der Waals surface area contributed by atoms with Gasteiger partial charge in [-0.3, -0.25) is 0 Å². The van der Waals surface area contributed by atoms with Crippen LogP contribution < -0.4 is 5.01 Å². The molecule has 0 aliphatic heterocycles. The van der Waals surface area contributed by atoms with Gasteiger partial charge in [0.15, 0.2) is 0 Å². The second-order valence-corrected chi connectivity index (χ2v) is 4.82. The quantitative estimate of drug-likeness (QED) is 0.564. The van der Waals surface area contributed by atoms with Crippen LogP contribution in [0.15, 0.2) is 90.0 Å². The van der Waals surface area contributed by atoms with E-state index >= 15 is 0 Å². The molecule has 0 saturated carbocycles. The third-order valence-electron chi connectivity index (χ3n) is 3.19. The van der Waals surface area contributed by atoms with Gasteiger partial charge in [0.05, 0.1) is 17.6 Å². The summed E-state index contributed by atoms with van der Waals surface area (Å²) in [6.45, 7) is 0. The molecule has 0 radical (unpaired) electrons. The number of phenols is 1. The number of benzene rings is 3. The van der Waals surface area contributed by atoms with Crippen molar-refractivity contribution in [3.63, 3.8) is 0 Å². The predicted octanol–water partition coefficient (Wildman–Crippen LogP) is 4.56. The van der Waals surface area contributed by atoms with Gasteiger partial charge < -0.3 is 5.11 Å². The van der Waals surface area contributed by atoms with Crippen LogP contribution in [-0.4, -0.2) is 11.3 Å². The van der Waals surface area contributed by atoms with Gasteiger partial charge in [-0.15, -0.1) is 0 Å². The molecule has 3 rings (SSSR count). The van der Waals surface area contributed by atoms with Gasteiger partial charge in [-0.25, -0.2) is 5.01 Å². The Morgan fingerprint density at radius 3 is 1.86 bits per heavy atom. The van der Waals surface area contributed by atoms with Gasteiger partial charge in [-0.05, 0) is 42.0 Å². The number of hydrogen-bond donors (Lipinski definition) is 1. The van der Waals surface area contributed by atoms with Crippen LogP contribution in [0.3, 0.4) is 0 Å². The second-order valence-electron chi connectivity index (χ2n) is 4.82. The van der Waals surface area contributed by atoms with Gasteiger partial charge in [0.25, 0.3) is 0 Å². The number of nitrogens with zero attached hydrogens (tertiary/aromatic N) is 2. The normalized spacial score (nSPS) is 10.7. The van der Waals surface area contributed by atoms with Crippen molar-refractivity contribution < 1.29 is 5.11 Å². The minimum atomic E-state index is 0.231. The lowest BCUT2D eigenvalue weighted by Gasteiger charge is -2.19. The molecule has 3 heteroatoms. The monoisotopic (exact) mass is 288 g/mol. The fourth-order valence-electron chi connectivity index (χ4n) is 2.15. The first kappa shape index (κ1) is 13.9. The number of phenolic OH excluding ortho intramolecular Hbond substituents is 1. The van der Waals surface area contributed by atoms with E-state index in [1.807, 2.05) is 71.7 Å². The Bertz CT molecular complexity index is 715. The molecule has 108 valence electrons. The lowest BCUT2D eigenvalue weighted by atomic mass is 10.2. The van der Waals surface area contributed by atoms with E-state index in [0.717, 1.165) is 16.9 Å². The van der Waals surface area contributed by atoms with Crippen molar-refractivity contribution in [3.8, 4) is 5.75 Å². The van der Waals surface area contributed by atoms with Crippen LogP contribution in [-0.2, 0) is 0 Å². The van der Waals surface area contributed by atoms with E-state index in [1.54, 1.807) is 24.4 Å². The zero-order valence-electron chi connectivity index (χ0n) is 12.0. The maximum absolute atomic E-state index is 9.54. The fourth-order valence-corrected chi connectivity index (χ4v) is 2.15. The Hall–Kier alpha value is -3.07. The van der Waals surface area contributed by atoms with Crippen LogP contribution in [0, 0.1) is 0 Å². The van der Waals surface area contributed by atoms with E-state index in [2.05, 4.69) is 5.10 Å². The maximum atomic E-state index is 9.54. The molecule has 3 nitrogen and oxygen atoms in total. The molecule has 0 heterocycles. The fraction of sp³-hybridized carbons (Fsp3) is 0. The molecule has 0 atom stereocenters. The van der Waals surface area contributed by atoms with Crippen molar-refractivity contribution in [1.82, 2.24) is 0 Å². The zero-order valence-corrected chi connectivity index (χ0v) is 12.0. The number of para-hydroxylation sites is 2. The number of anilines is 2. The van der Waals surface area contributed by atoms with Gasteiger partial charge in [-0.2, -0.15) is 5.10 Å². The molecule has 0 spiro atoms. The molecule has 0 aromatic heterocycles. The molecule has 3 aromatic rings. The van der Waals surface area contributed by atoms with Crippen LogP contribution >= 0.6 is 0 Å². The third-order valence-corrected chi connectivity index (χ3v) is 3.19. The third kappa shape index (κ3) is 3.33. The van der Waals surface area contributed by atoms with Crippen LogP contribution in [0.25, 0.3) is 0 Å². The molecular formula is C19H16N2O. The van der Waals surface area contributed by atoms with E-state index in [-0.39, 0.29) is 5.75 Å². The van der Waals surface area contributed by atoms with Crippen LogP contribution in [0.4, 0.5) is 11.4 Å². The highest BCUT2D eigenvalue weighted by Gasteiger charge is 2.06. The molecule has 22 heavy (non-hydrogen) atoms. The van der Waals surface area contributed by atoms with Gasteiger partial charge in [-0.1, -0.05) is 48.5 Å². The minimum absolute atomic E-state index is 0.231. The van der Waals surface area contributed by atoms with Gasteiger partial charge in [0.1, 0.15) is 5.75 Å². The van der Waals surface area contributed by atoms with Crippen molar-refractivity contribution in [2.75, 3.05) is 5.01 Å². The number of hydrazone groups is 1. The number of hydrogen-bond acceptors (Lipinski definition) is 3. The lowest BCUT2D eigenvalue weighted by Crippen LogP contribution is -2.09. The van der Waals surface area contributed by atoms with E-state index in [9.17, 15) is 5.11 Å². The summed E-state index contributed by atoms with van der Waals surface area (Å²) in [5, 5.41) is 16.0. The van der Waals surface area contributed by atoms with Crippen molar-refractivity contribution >= 4 is 17.6 Å². The summed E-state index contributed by atoms with van der Waals surface area (Å²) in [5.74, 6) is 0.231. The minimum Gasteiger partial charge on any atom is -0.508 e. The summed E-state index contributed by atoms with van der Waals surface area (Å²) >= 11 is 0. The first-order valence-electron chi connectivity index (χ1n) is 7.06. The molecule has 0 unspecified atom stereocenters. The molecule has 0 aliphatic carbocycles. The van der Waals surface area contributed by atoms with E-state index in [1.165, 1.54) is 0 Å². The Morgan fingerprint density at radius 2 is 1.32 bits per heavy atom. The first-order valence-corrected chi connectivity index (χ1v) is 7.06. The Kier molecular flexibility index (Phi) is 4.16. The van der Waals surface area contributed by atoms with Gasteiger partial charge >= 0.3 is 0 Å². The summed E-state index contributed by atoms with van der Waals surface area (Å²) in [4.78, 5) is 0. The molecule has 1 N–H and O–H groups in total. The van der Waals surface area contributed by atoms with Crippen molar-refractivity contribution in [2.45, 2.75) is 0 Å². The molecular weight excluding hydrogens is 272 g/mol. The number of rotatable bonds is 4. The average molecular weight is 288 g/mol. The van der Waals surface area contributed by atoms with Crippen molar-refractivity contribution in [2.24, 2.45) is 5.10 Å². The van der Waals surface area contributed by atoms with Gasteiger partial charge in [0.2, 0.25) is 0 Å². The number of aromatic hydroxyl groups is 1.